The molecule has 1 unspecified atom stereocenters. The summed E-state index contributed by atoms with van der Waals surface area (Å²) in [6.07, 6.45) is 1.89. The van der Waals surface area contributed by atoms with Gasteiger partial charge in [0.2, 0.25) is 0 Å². The van der Waals surface area contributed by atoms with Gasteiger partial charge in [0.15, 0.2) is 0 Å². The smallest absolute Gasteiger partial charge is 0.0702 e. The van der Waals surface area contributed by atoms with Gasteiger partial charge >= 0.3 is 0 Å². The van der Waals surface area contributed by atoms with E-state index in [-0.39, 0.29) is 17.5 Å². The van der Waals surface area contributed by atoms with E-state index >= 15 is 0 Å². The van der Waals surface area contributed by atoms with Gasteiger partial charge in [-0.1, -0.05) is 13.8 Å². The third-order valence-electron chi connectivity index (χ3n) is 3.58. The zero-order valence-electron chi connectivity index (χ0n) is 11.9. The molecule has 0 spiro atoms. The van der Waals surface area contributed by atoms with E-state index in [1.807, 2.05) is 0 Å². The number of nitrogens with one attached hydrogen (secondary N) is 2. The molecule has 1 aliphatic rings. The Hall–Kier alpha value is -1.34. The summed E-state index contributed by atoms with van der Waals surface area (Å²) < 4.78 is 0. The number of nitrogens with zero attached hydrogens (tertiary/aromatic N) is 1. The predicted molar refractivity (Wildman–Crippen MR) is 78.9 cm³/mol. The first-order chi connectivity index (χ1) is 9.51. The number of hydrogen-bond donors (Lipinski definition) is 4. The second-order valence-corrected chi connectivity index (χ2v) is 5.51. The first kappa shape index (κ1) is 15.1. The van der Waals surface area contributed by atoms with Gasteiger partial charge in [-0.05, 0) is 30.5 Å². The summed E-state index contributed by atoms with van der Waals surface area (Å²) in [4.78, 5) is 0. The molecule has 0 saturated heterocycles. The highest BCUT2D eigenvalue weighted by atomic mass is 16.8. The number of aliphatic hydroxyl groups is 1. The summed E-state index contributed by atoms with van der Waals surface area (Å²) in [6, 6.07) is 4.12. The van der Waals surface area contributed by atoms with Gasteiger partial charge in [-0.15, -0.1) is 0 Å². The molecule has 20 heavy (non-hydrogen) atoms. The Labute approximate surface area is 118 Å². The fourth-order valence-corrected chi connectivity index (χ4v) is 2.48. The molecule has 2 rings (SSSR count). The van der Waals surface area contributed by atoms with E-state index in [1.54, 1.807) is 12.1 Å². The third-order valence-corrected chi connectivity index (χ3v) is 3.58. The molecule has 1 aromatic rings. The SMILES string of the molecule is CC(C)NCC1CCc2cc(CO)c(N([O-])O)cc2N1. The summed E-state index contributed by atoms with van der Waals surface area (Å²) in [5.41, 5.74) is 2.47. The maximum atomic E-state index is 11.1. The molecule has 0 fully saturated rings. The van der Waals surface area contributed by atoms with E-state index in [1.165, 1.54) is 0 Å². The van der Waals surface area contributed by atoms with Gasteiger partial charge in [0.25, 0.3) is 0 Å². The van der Waals surface area contributed by atoms with Crippen molar-refractivity contribution < 1.29 is 10.3 Å². The van der Waals surface area contributed by atoms with Crippen molar-refractivity contribution in [1.82, 2.24) is 5.32 Å². The first-order valence-corrected chi connectivity index (χ1v) is 6.94. The number of hydrogen-bond acceptors (Lipinski definition) is 6. The lowest BCUT2D eigenvalue weighted by atomic mass is 9.95. The molecule has 0 radical (unpaired) electrons. The van der Waals surface area contributed by atoms with Crippen LogP contribution in [-0.2, 0) is 13.0 Å². The normalized spacial score (nSPS) is 17.8. The van der Waals surface area contributed by atoms with Crippen molar-refractivity contribution in [3.63, 3.8) is 0 Å². The van der Waals surface area contributed by atoms with Gasteiger partial charge in [0.1, 0.15) is 0 Å². The minimum Gasteiger partial charge on any atom is -0.733 e. The molecule has 0 saturated carbocycles. The van der Waals surface area contributed by atoms with Crippen LogP contribution >= 0.6 is 0 Å². The molecule has 6 nitrogen and oxygen atoms in total. The Bertz CT molecular complexity index is 463. The lowest BCUT2D eigenvalue weighted by Crippen LogP contribution is -2.38. The van der Waals surface area contributed by atoms with Crippen molar-refractivity contribution >= 4 is 11.4 Å². The van der Waals surface area contributed by atoms with Crippen molar-refractivity contribution in [2.24, 2.45) is 0 Å². The average molecular weight is 280 g/mol. The van der Waals surface area contributed by atoms with Gasteiger partial charge in [-0.2, -0.15) is 0 Å². The van der Waals surface area contributed by atoms with E-state index in [0.717, 1.165) is 30.6 Å². The molecule has 1 heterocycles. The van der Waals surface area contributed by atoms with Crippen molar-refractivity contribution in [3.8, 4) is 0 Å². The van der Waals surface area contributed by atoms with Crippen LogP contribution in [0.1, 0.15) is 31.4 Å². The minimum atomic E-state index is -0.264. The molecule has 0 amide bonds. The second-order valence-electron chi connectivity index (χ2n) is 5.51. The molecule has 0 bridgehead atoms. The van der Waals surface area contributed by atoms with Gasteiger partial charge in [-0.25, -0.2) is 0 Å². The molecule has 0 aromatic heterocycles. The molecule has 4 N–H and O–H groups in total. The fourth-order valence-electron chi connectivity index (χ4n) is 2.48. The quantitative estimate of drug-likeness (QED) is 0.612. The van der Waals surface area contributed by atoms with E-state index < -0.39 is 0 Å². The van der Waals surface area contributed by atoms with Crippen LogP contribution in [0.4, 0.5) is 11.4 Å². The van der Waals surface area contributed by atoms with Crippen LogP contribution in [0.25, 0.3) is 0 Å². The first-order valence-electron chi connectivity index (χ1n) is 6.94. The molecule has 112 valence electrons. The van der Waals surface area contributed by atoms with Crippen LogP contribution in [0.5, 0.6) is 0 Å². The Balaban J connectivity index is 2.16. The number of fused-ring (bicyclic) bond motifs is 1. The predicted octanol–water partition coefficient (Wildman–Crippen LogP) is 1.60. The summed E-state index contributed by atoms with van der Waals surface area (Å²) in [5.74, 6) is 0. The summed E-state index contributed by atoms with van der Waals surface area (Å²) in [6.45, 7) is 4.79. The highest BCUT2D eigenvalue weighted by Gasteiger charge is 2.19. The number of aryl methyl sites for hydroxylation is 1. The van der Waals surface area contributed by atoms with Crippen molar-refractivity contribution in [2.75, 3.05) is 17.1 Å². The molecule has 6 heteroatoms. The molecule has 1 aliphatic heterocycles. The highest BCUT2D eigenvalue weighted by molar-refractivity contribution is 5.67. The molecule has 1 aromatic carbocycles. The Morgan fingerprint density at radius 2 is 2.25 bits per heavy atom. The molecule has 1 atom stereocenters. The average Bonchev–Trinajstić information content (AvgIpc) is 2.43. The largest absolute Gasteiger partial charge is 0.733 e. The lowest BCUT2D eigenvalue weighted by molar-refractivity contribution is 0.270. The van der Waals surface area contributed by atoms with Crippen LogP contribution in [0.3, 0.4) is 0 Å². The van der Waals surface area contributed by atoms with Crippen LogP contribution in [0, 0.1) is 5.21 Å². The standard InChI is InChI=1S/C14H22N3O3/c1-9(2)15-7-12-4-3-10-5-11(8-18)14(17(19)20)6-13(10)16-12/h5-6,9,12,15-16,18-19H,3-4,7-8H2,1-2H3/q-1. The molecular formula is C14H22N3O3-. The van der Waals surface area contributed by atoms with E-state index in [9.17, 15) is 10.3 Å². The molecule has 0 aliphatic carbocycles. The van der Waals surface area contributed by atoms with Crippen LogP contribution in [0.15, 0.2) is 12.1 Å². The topological polar surface area (TPSA) is 90.8 Å². The van der Waals surface area contributed by atoms with Crippen molar-refractivity contribution in [3.05, 3.63) is 28.5 Å². The maximum Gasteiger partial charge on any atom is 0.0702 e. The van der Waals surface area contributed by atoms with Gasteiger partial charge in [0.05, 0.1) is 12.3 Å². The van der Waals surface area contributed by atoms with Crippen LogP contribution in [-0.4, -0.2) is 28.9 Å². The van der Waals surface area contributed by atoms with Crippen molar-refractivity contribution in [2.45, 2.75) is 45.4 Å². The number of aliphatic hydroxyl groups excluding tert-OH is 1. The van der Waals surface area contributed by atoms with Gasteiger partial charge < -0.3 is 26.2 Å². The van der Waals surface area contributed by atoms with Gasteiger partial charge in [-0.3, -0.25) is 5.21 Å². The van der Waals surface area contributed by atoms with Gasteiger partial charge in [0, 0.05) is 29.9 Å². The maximum absolute atomic E-state index is 11.1. The van der Waals surface area contributed by atoms with Crippen LogP contribution < -0.4 is 15.9 Å². The monoisotopic (exact) mass is 280 g/mol. The Morgan fingerprint density at radius 3 is 2.85 bits per heavy atom. The van der Waals surface area contributed by atoms with E-state index in [4.69, 9.17) is 5.21 Å². The zero-order valence-corrected chi connectivity index (χ0v) is 11.9. The summed E-state index contributed by atoms with van der Waals surface area (Å²) >= 11 is 0. The number of rotatable bonds is 5. The Kier molecular flexibility index (Phi) is 4.82. The van der Waals surface area contributed by atoms with E-state index in [2.05, 4.69) is 24.5 Å². The van der Waals surface area contributed by atoms with Crippen molar-refractivity contribution in [1.29, 1.82) is 0 Å². The summed E-state index contributed by atoms with van der Waals surface area (Å²) in [5, 5.41) is 36.1. The highest BCUT2D eigenvalue weighted by Crippen LogP contribution is 2.32. The Morgan fingerprint density at radius 1 is 1.50 bits per heavy atom. The zero-order chi connectivity index (χ0) is 14.7. The lowest BCUT2D eigenvalue weighted by Gasteiger charge is -2.31. The molecular weight excluding hydrogens is 258 g/mol. The summed E-state index contributed by atoms with van der Waals surface area (Å²) in [7, 11) is 0. The van der Waals surface area contributed by atoms with E-state index in [0.29, 0.717) is 17.6 Å². The number of anilines is 2. The fraction of sp³-hybridized carbons (Fsp3) is 0.571. The second kappa shape index (κ2) is 6.41. The number of benzene rings is 1. The third kappa shape index (κ3) is 3.40. The van der Waals surface area contributed by atoms with Crippen LogP contribution in [0.2, 0.25) is 0 Å². The minimum absolute atomic E-state index is 0.0937.